The van der Waals surface area contributed by atoms with Gasteiger partial charge in [-0.1, -0.05) is 6.08 Å². The summed E-state index contributed by atoms with van der Waals surface area (Å²) < 4.78 is 19.9. The third kappa shape index (κ3) is 36.0. The third-order valence-corrected chi connectivity index (χ3v) is 0.485. The molecule has 50 valence electrons. The maximum absolute atomic E-state index is 9.12. The minimum atomic E-state index is -2.31. The Bertz CT molecular complexity index is 74.9. The van der Waals surface area contributed by atoms with Crippen LogP contribution in [0.5, 0.6) is 0 Å². The second-order valence-electron chi connectivity index (χ2n) is 0.688. The molecule has 0 amide bonds. The standard InChI is InChI=1S/C3H6.ClHO3S/c1-3-2;1-4-5(2)3/h3H,1H2,2H3;(H,2,3). The van der Waals surface area contributed by atoms with Gasteiger partial charge in [-0.05, 0) is 6.92 Å². The normalized spacial score (nSPS) is 10.9. The summed E-state index contributed by atoms with van der Waals surface area (Å²) in [5.41, 5.74) is 0. The van der Waals surface area contributed by atoms with E-state index in [4.69, 9.17) is 8.76 Å². The summed E-state index contributed by atoms with van der Waals surface area (Å²) in [6, 6.07) is 0. The Labute approximate surface area is 56.0 Å². The minimum Gasteiger partial charge on any atom is -0.283 e. The van der Waals surface area contributed by atoms with Crippen LogP contribution in [0.3, 0.4) is 0 Å². The molecule has 1 atom stereocenters. The van der Waals surface area contributed by atoms with E-state index in [1.54, 1.807) is 6.08 Å². The van der Waals surface area contributed by atoms with Crippen LogP contribution in [0.1, 0.15) is 6.92 Å². The fourth-order valence-corrected chi connectivity index (χ4v) is 0. The molecule has 0 aromatic rings. The van der Waals surface area contributed by atoms with E-state index in [9.17, 15) is 0 Å². The van der Waals surface area contributed by atoms with Gasteiger partial charge in [-0.2, -0.15) is 7.94 Å². The monoisotopic (exact) mass is 158 g/mol. The van der Waals surface area contributed by atoms with Crippen LogP contribution in [-0.4, -0.2) is 8.76 Å². The van der Waals surface area contributed by atoms with Crippen molar-refractivity contribution in [3.63, 3.8) is 0 Å². The van der Waals surface area contributed by atoms with Gasteiger partial charge >= 0.3 is 11.4 Å². The van der Waals surface area contributed by atoms with E-state index in [1.165, 1.54) is 0 Å². The second kappa shape index (κ2) is 10.2. The van der Waals surface area contributed by atoms with E-state index in [0.717, 1.165) is 0 Å². The Kier molecular flexibility index (Phi) is 13.9. The molecule has 1 unspecified atom stereocenters. The molecular formula is C3H7ClO3S. The number of hydrogen-bond donors (Lipinski definition) is 1. The molecule has 0 radical (unpaired) electrons. The molecule has 0 spiro atoms. The van der Waals surface area contributed by atoms with Crippen LogP contribution < -0.4 is 0 Å². The van der Waals surface area contributed by atoms with E-state index in [1.807, 2.05) is 6.92 Å². The molecule has 0 saturated heterocycles. The molecule has 1 N–H and O–H groups in total. The first-order chi connectivity index (χ1) is 3.68. The van der Waals surface area contributed by atoms with Crippen molar-refractivity contribution in [2.45, 2.75) is 6.92 Å². The lowest BCUT2D eigenvalue weighted by atomic mass is 10.8. The summed E-state index contributed by atoms with van der Waals surface area (Å²) in [4.78, 5) is 0. The molecule has 8 heavy (non-hydrogen) atoms. The molecule has 3 nitrogen and oxygen atoms in total. The minimum absolute atomic E-state index is 1.75. The predicted octanol–water partition coefficient (Wildman–Crippen LogP) is 1.49. The second-order valence-corrected chi connectivity index (χ2v) is 1.63. The molecule has 0 aliphatic carbocycles. The molecule has 5 heteroatoms. The lowest BCUT2D eigenvalue weighted by molar-refractivity contribution is 0.477. The summed E-state index contributed by atoms with van der Waals surface area (Å²) in [6.07, 6.45) is 1.75. The van der Waals surface area contributed by atoms with Crippen LogP contribution in [0.2, 0.25) is 0 Å². The van der Waals surface area contributed by atoms with Crippen LogP contribution in [0, 0.1) is 0 Å². The summed E-state index contributed by atoms with van der Waals surface area (Å²) in [7, 11) is 0. The molecule has 0 aliphatic heterocycles. The highest BCUT2D eigenvalue weighted by molar-refractivity contribution is 7.74. The number of hydrogen-bond acceptors (Lipinski definition) is 2. The molecule has 0 heterocycles. The van der Waals surface area contributed by atoms with Gasteiger partial charge in [-0.25, -0.2) is 0 Å². The topological polar surface area (TPSA) is 46.5 Å². The number of allylic oxidation sites excluding steroid dienone is 1. The van der Waals surface area contributed by atoms with Crippen molar-refractivity contribution >= 4 is 23.2 Å². The smallest absolute Gasteiger partial charge is 0.283 e. The van der Waals surface area contributed by atoms with E-state index < -0.39 is 11.4 Å². The fraction of sp³-hybridized carbons (Fsp3) is 0.333. The zero-order valence-corrected chi connectivity index (χ0v) is 5.91. The first-order valence-electron chi connectivity index (χ1n) is 1.66. The quantitative estimate of drug-likeness (QED) is 0.465. The Morgan fingerprint density at radius 1 is 2.00 bits per heavy atom. The van der Waals surface area contributed by atoms with Crippen LogP contribution in [0.15, 0.2) is 12.7 Å². The van der Waals surface area contributed by atoms with Crippen molar-refractivity contribution in [1.29, 1.82) is 0 Å². The Balaban J connectivity index is 0. The highest BCUT2D eigenvalue weighted by atomic mass is 35.5. The molecule has 0 saturated carbocycles. The van der Waals surface area contributed by atoms with Crippen molar-refractivity contribution in [2.24, 2.45) is 0 Å². The summed E-state index contributed by atoms with van der Waals surface area (Å²) in [6.45, 7) is 5.25. The maximum atomic E-state index is 9.12. The van der Waals surface area contributed by atoms with E-state index in [-0.39, 0.29) is 0 Å². The zero-order valence-electron chi connectivity index (χ0n) is 4.33. The Morgan fingerprint density at radius 2 is 2.12 bits per heavy atom. The molecule has 0 bridgehead atoms. The van der Waals surface area contributed by atoms with E-state index >= 15 is 0 Å². The van der Waals surface area contributed by atoms with Gasteiger partial charge in [-0.15, -0.1) is 6.58 Å². The SMILES string of the molecule is C=CC.O=S(O)OCl. The zero-order chi connectivity index (χ0) is 6.99. The van der Waals surface area contributed by atoms with Crippen molar-refractivity contribution in [3.8, 4) is 0 Å². The van der Waals surface area contributed by atoms with Gasteiger partial charge in [0.05, 0.1) is 11.9 Å². The average Bonchev–Trinajstić information content (AvgIpc) is 1.69. The van der Waals surface area contributed by atoms with Crippen molar-refractivity contribution < 1.29 is 12.5 Å². The molecule has 0 rings (SSSR count). The Hall–Kier alpha value is 0.1000. The van der Waals surface area contributed by atoms with Gasteiger partial charge in [0.1, 0.15) is 0 Å². The van der Waals surface area contributed by atoms with E-state index in [0.29, 0.717) is 0 Å². The summed E-state index contributed by atoms with van der Waals surface area (Å²) in [5.74, 6) is 0. The third-order valence-electron chi connectivity index (χ3n) is 0.0539. The van der Waals surface area contributed by atoms with Gasteiger partial charge < -0.3 is 0 Å². The van der Waals surface area contributed by atoms with Gasteiger partial charge in [-0.3, -0.25) is 4.55 Å². The maximum Gasteiger partial charge on any atom is 0.319 e. The highest BCUT2D eigenvalue weighted by Gasteiger charge is 1.79. The van der Waals surface area contributed by atoms with Crippen LogP contribution in [0.4, 0.5) is 0 Å². The fourth-order valence-electron chi connectivity index (χ4n) is 0. The molecule has 0 aliphatic rings. The number of rotatable bonds is 1. The van der Waals surface area contributed by atoms with Crippen LogP contribution in [0.25, 0.3) is 0 Å². The van der Waals surface area contributed by atoms with Gasteiger partial charge in [0.25, 0.3) is 0 Å². The lowest BCUT2D eigenvalue weighted by Crippen LogP contribution is -1.78. The van der Waals surface area contributed by atoms with Gasteiger partial charge in [0, 0.05) is 0 Å². The van der Waals surface area contributed by atoms with Crippen molar-refractivity contribution in [2.75, 3.05) is 0 Å². The summed E-state index contributed by atoms with van der Waals surface area (Å²) in [5, 5.41) is 0. The Morgan fingerprint density at radius 3 is 2.12 bits per heavy atom. The van der Waals surface area contributed by atoms with Crippen molar-refractivity contribution in [1.82, 2.24) is 0 Å². The molecule has 0 aromatic heterocycles. The largest absolute Gasteiger partial charge is 0.319 e. The average molecular weight is 159 g/mol. The first-order valence-corrected chi connectivity index (χ1v) is 3.00. The lowest BCUT2D eigenvalue weighted by Gasteiger charge is -1.71. The van der Waals surface area contributed by atoms with Crippen LogP contribution >= 0.6 is 11.9 Å². The predicted molar refractivity (Wildman–Crippen MR) is 33.6 cm³/mol. The summed E-state index contributed by atoms with van der Waals surface area (Å²) >= 11 is 1.98. The van der Waals surface area contributed by atoms with Crippen molar-refractivity contribution in [3.05, 3.63) is 12.7 Å². The van der Waals surface area contributed by atoms with Crippen LogP contribution in [-0.2, 0) is 15.1 Å². The molecular weight excluding hydrogens is 152 g/mol. The van der Waals surface area contributed by atoms with Gasteiger partial charge in [0.15, 0.2) is 0 Å². The number of halogens is 1. The first kappa shape index (κ1) is 11.0. The van der Waals surface area contributed by atoms with Gasteiger partial charge in [0.2, 0.25) is 0 Å². The van der Waals surface area contributed by atoms with E-state index in [2.05, 4.69) is 22.2 Å². The molecule has 0 fully saturated rings. The highest BCUT2D eigenvalue weighted by Crippen LogP contribution is 1.78. The molecule has 0 aromatic carbocycles.